The maximum absolute atomic E-state index is 13.2. The average molecular weight is 856 g/mol. The number of rotatable bonds is 39. The molecule has 0 saturated carbocycles. The Labute approximate surface area is 352 Å². The van der Waals surface area contributed by atoms with Gasteiger partial charge < -0.3 is 57.4 Å². The summed E-state index contributed by atoms with van der Waals surface area (Å²) in [6.07, 6.45) is 1.45. The fourth-order valence-electron chi connectivity index (χ4n) is 5.84. The molecule has 5 amide bonds. The third kappa shape index (κ3) is 21.4. The number of nitrogens with one attached hydrogen (secondary N) is 2. The molecular weight excluding hydrogens is 790 g/mol. The van der Waals surface area contributed by atoms with Crippen molar-refractivity contribution in [3.05, 3.63) is 34.9 Å². The summed E-state index contributed by atoms with van der Waals surface area (Å²) < 4.78 is 60.1. The Kier molecular flexibility index (Phi) is 28.1. The number of benzene rings is 1. The Morgan fingerprint density at radius 3 is 1.43 bits per heavy atom. The van der Waals surface area contributed by atoms with Crippen LogP contribution in [0.5, 0.6) is 0 Å². The number of aryl methyl sites for hydroxylation is 1. The van der Waals surface area contributed by atoms with Crippen molar-refractivity contribution in [1.29, 1.82) is 0 Å². The number of nitrogens with zero attached hydrogens (tertiary/aromatic N) is 1. The molecule has 2 aliphatic heterocycles. The van der Waals surface area contributed by atoms with Crippen molar-refractivity contribution in [3.8, 4) is 0 Å². The lowest BCUT2D eigenvalue weighted by Crippen LogP contribution is -2.54. The molecular formula is C41H65N3O16. The molecule has 60 heavy (non-hydrogen) atoms. The Balaban J connectivity index is 1.00. The molecule has 2 aliphatic rings. The van der Waals surface area contributed by atoms with E-state index in [1.807, 2.05) is 0 Å². The minimum absolute atomic E-state index is 0.0415. The zero-order valence-electron chi connectivity index (χ0n) is 35.1. The van der Waals surface area contributed by atoms with E-state index in [0.717, 1.165) is 17.9 Å². The Hall–Kier alpha value is -3.47. The largest absolute Gasteiger partial charge is 0.379 e. The fraction of sp³-hybridized carbons (Fsp3) is 0.732. The van der Waals surface area contributed by atoms with Crippen LogP contribution in [0.4, 0.5) is 0 Å². The summed E-state index contributed by atoms with van der Waals surface area (Å²) in [5.41, 5.74) is 0.925. The van der Waals surface area contributed by atoms with Gasteiger partial charge in [0, 0.05) is 26.0 Å². The monoisotopic (exact) mass is 855 g/mol. The van der Waals surface area contributed by atoms with Gasteiger partial charge in [0.25, 0.3) is 11.8 Å². The number of piperidine rings is 1. The molecule has 0 aliphatic carbocycles. The van der Waals surface area contributed by atoms with E-state index in [0.29, 0.717) is 151 Å². The second kappa shape index (κ2) is 33.2. The Morgan fingerprint density at radius 2 is 1.02 bits per heavy atom. The van der Waals surface area contributed by atoms with Crippen molar-refractivity contribution in [2.24, 2.45) is 0 Å². The summed E-state index contributed by atoms with van der Waals surface area (Å²) >= 11 is 0. The van der Waals surface area contributed by atoms with Crippen LogP contribution in [-0.2, 0) is 72.9 Å². The van der Waals surface area contributed by atoms with E-state index in [9.17, 15) is 24.0 Å². The van der Waals surface area contributed by atoms with E-state index in [4.69, 9.17) is 52.1 Å². The van der Waals surface area contributed by atoms with Crippen molar-refractivity contribution in [1.82, 2.24) is 15.5 Å². The zero-order valence-corrected chi connectivity index (χ0v) is 35.1. The van der Waals surface area contributed by atoms with Crippen molar-refractivity contribution in [3.63, 3.8) is 0 Å². The Morgan fingerprint density at radius 1 is 0.600 bits per heavy atom. The summed E-state index contributed by atoms with van der Waals surface area (Å²) in [7, 11) is 0. The fourth-order valence-corrected chi connectivity index (χ4v) is 5.84. The zero-order chi connectivity index (χ0) is 42.9. The maximum atomic E-state index is 13.2. The third-order valence-corrected chi connectivity index (χ3v) is 8.81. The molecule has 0 bridgehead atoms. The lowest BCUT2D eigenvalue weighted by atomic mass is 9.99. The SMILES string of the molecule is CCCOCCOCCOCCOCCOCCOCCOCCOCCOCCOCCOCCNC(=O)CCc1cccc2c1C(=O)N(C1CCC(=O)NC1=O)C2=O. The predicted octanol–water partition coefficient (Wildman–Crippen LogP) is 0.729. The first-order chi connectivity index (χ1) is 29.4. The minimum Gasteiger partial charge on any atom is -0.379 e. The lowest BCUT2D eigenvalue weighted by Gasteiger charge is -2.27. The molecule has 340 valence electrons. The molecule has 1 saturated heterocycles. The van der Waals surface area contributed by atoms with Crippen LogP contribution in [0, 0.1) is 0 Å². The molecule has 19 nitrogen and oxygen atoms in total. The molecule has 3 rings (SSSR count). The Bertz CT molecular complexity index is 1390. The van der Waals surface area contributed by atoms with Gasteiger partial charge in [0.2, 0.25) is 17.7 Å². The minimum atomic E-state index is -1.04. The molecule has 1 unspecified atom stereocenters. The van der Waals surface area contributed by atoms with Gasteiger partial charge >= 0.3 is 0 Å². The number of carbonyl (C=O) groups is 5. The smallest absolute Gasteiger partial charge is 0.262 e. The van der Waals surface area contributed by atoms with Gasteiger partial charge in [-0.15, -0.1) is 0 Å². The van der Waals surface area contributed by atoms with Crippen LogP contribution < -0.4 is 10.6 Å². The van der Waals surface area contributed by atoms with Crippen molar-refractivity contribution >= 4 is 29.5 Å². The van der Waals surface area contributed by atoms with Gasteiger partial charge in [0.05, 0.1) is 150 Å². The van der Waals surface area contributed by atoms with E-state index in [2.05, 4.69) is 17.6 Å². The second-order valence-electron chi connectivity index (χ2n) is 13.4. The van der Waals surface area contributed by atoms with Crippen molar-refractivity contribution in [2.45, 2.75) is 45.1 Å². The number of amides is 5. The molecule has 0 spiro atoms. The molecule has 0 aromatic heterocycles. The van der Waals surface area contributed by atoms with E-state index >= 15 is 0 Å². The summed E-state index contributed by atoms with van der Waals surface area (Å²) in [6.45, 7) is 13.0. The van der Waals surface area contributed by atoms with Crippen LogP contribution in [0.25, 0.3) is 0 Å². The lowest BCUT2D eigenvalue weighted by molar-refractivity contribution is -0.136. The molecule has 1 atom stereocenters. The number of fused-ring (bicyclic) bond motifs is 1. The summed E-state index contributed by atoms with van der Waals surface area (Å²) in [4.78, 5) is 63.4. The average Bonchev–Trinajstić information content (AvgIpc) is 3.50. The summed E-state index contributed by atoms with van der Waals surface area (Å²) in [6, 6.07) is 3.81. The molecule has 19 heteroatoms. The maximum Gasteiger partial charge on any atom is 0.262 e. The molecule has 2 N–H and O–H groups in total. The van der Waals surface area contributed by atoms with Gasteiger partial charge in [0.1, 0.15) is 6.04 Å². The highest BCUT2D eigenvalue weighted by Gasteiger charge is 2.45. The van der Waals surface area contributed by atoms with Gasteiger partial charge in [-0.05, 0) is 30.9 Å². The highest BCUT2D eigenvalue weighted by atomic mass is 16.6. The van der Waals surface area contributed by atoms with Crippen LogP contribution in [0.15, 0.2) is 18.2 Å². The van der Waals surface area contributed by atoms with Crippen LogP contribution in [0.2, 0.25) is 0 Å². The van der Waals surface area contributed by atoms with Crippen molar-refractivity contribution in [2.75, 3.05) is 152 Å². The summed E-state index contributed by atoms with van der Waals surface area (Å²) in [5.74, 6) is -2.51. The first-order valence-corrected chi connectivity index (χ1v) is 20.9. The summed E-state index contributed by atoms with van der Waals surface area (Å²) in [5, 5.41) is 4.96. The van der Waals surface area contributed by atoms with Crippen molar-refractivity contribution < 1.29 is 76.1 Å². The molecule has 1 aromatic rings. The van der Waals surface area contributed by atoms with Gasteiger partial charge in [-0.1, -0.05) is 19.1 Å². The topological polar surface area (TPSA) is 214 Å². The number of imide groups is 2. The van der Waals surface area contributed by atoms with E-state index < -0.39 is 29.7 Å². The van der Waals surface area contributed by atoms with E-state index in [1.54, 1.807) is 12.1 Å². The molecule has 1 fully saturated rings. The van der Waals surface area contributed by atoms with Gasteiger partial charge in [-0.25, -0.2) is 0 Å². The van der Waals surface area contributed by atoms with Gasteiger partial charge in [-0.3, -0.25) is 34.2 Å². The quantitative estimate of drug-likeness (QED) is 0.0690. The normalized spacial score (nSPS) is 15.2. The standard InChI is InChI=1S/C41H65N3O16/c1-2-11-50-13-15-52-17-19-54-21-23-56-25-27-58-29-31-60-32-30-59-28-26-57-24-22-55-20-18-53-16-14-51-12-10-42-36(45)8-6-33-4-3-5-34-38(33)41(49)44(40(34)48)35-7-9-37(46)43-39(35)47/h3-5,35H,2,6-32H2,1H3,(H,42,45)(H,43,46,47). The first-order valence-electron chi connectivity index (χ1n) is 20.9. The van der Waals surface area contributed by atoms with Crippen LogP contribution in [0.3, 0.4) is 0 Å². The number of ether oxygens (including phenoxy) is 11. The van der Waals surface area contributed by atoms with Gasteiger partial charge in [0.15, 0.2) is 0 Å². The highest BCUT2D eigenvalue weighted by Crippen LogP contribution is 2.30. The van der Waals surface area contributed by atoms with Crippen LogP contribution >= 0.6 is 0 Å². The number of carbonyl (C=O) groups excluding carboxylic acids is 5. The predicted molar refractivity (Wildman–Crippen MR) is 214 cm³/mol. The van der Waals surface area contributed by atoms with Crippen LogP contribution in [-0.4, -0.2) is 192 Å². The second-order valence-corrected chi connectivity index (χ2v) is 13.4. The van der Waals surface area contributed by atoms with Crippen LogP contribution in [0.1, 0.15) is 58.9 Å². The number of hydrogen-bond donors (Lipinski definition) is 2. The van der Waals surface area contributed by atoms with Gasteiger partial charge in [-0.2, -0.15) is 0 Å². The third-order valence-electron chi connectivity index (χ3n) is 8.81. The van der Waals surface area contributed by atoms with E-state index in [1.165, 1.54) is 6.07 Å². The highest BCUT2D eigenvalue weighted by molar-refractivity contribution is 6.24. The number of hydrogen-bond acceptors (Lipinski definition) is 16. The molecule has 1 aromatic carbocycles. The first kappa shape index (κ1) is 50.9. The van der Waals surface area contributed by atoms with E-state index in [-0.39, 0.29) is 42.7 Å². The molecule has 2 heterocycles. The molecule has 0 radical (unpaired) electrons.